The summed E-state index contributed by atoms with van der Waals surface area (Å²) in [4.78, 5) is 12.6. The monoisotopic (exact) mass is 258 g/mol. The minimum atomic E-state index is -1.09. The molecule has 0 aliphatic heterocycles. The van der Waals surface area contributed by atoms with E-state index in [2.05, 4.69) is 10.3 Å². The van der Waals surface area contributed by atoms with Gasteiger partial charge in [0.15, 0.2) is 5.69 Å². The van der Waals surface area contributed by atoms with Crippen LogP contribution < -0.4 is 0 Å². The number of hydrogen-bond acceptors (Lipinski definition) is 6. The van der Waals surface area contributed by atoms with Crippen LogP contribution in [0.5, 0.6) is 0 Å². The van der Waals surface area contributed by atoms with E-state index in [9.17, 15) is 4.79 Å². The Morgan fingerprint density at radius 1 is 1.50 bits per heavy atom. The zero-order valence-corrected chi connectivity index (χ0v) is 10.3. The van der Waals surface area contributed by atoms with E-state index >= 15 is 0 Å². The fourth-order valence-electron chi connectivity index (χ4n) is 1.45. The number of carbonyl (C=O) groups is 1. The lowest BCUT2D eigenvalue weighted by molar-refractivity contribution is 0.0690. The zero-order chi connectivity index (χ0) is 13.4. The highest BCUT2D eigenvalue weighted by atomic mass is 16.5. The zero-order valence-electron chi connectivity index (χ0n) is 10.3. The molecule has 1 aromatic rings. The van der Waals surface area contributed by atoms with Gasteiger partial charge in [-0.3, -0.25) is 9.58 Å². The largest absolute Gasteiger partial charge is 0.476 e. The lowest BCUT2D eigenvalue weighted by Gasteiger charge is -2.20. The maximum Gasteiger partial charge on any atom is 0.358 e. The highest BCUT2D eigenvalue weighted by Gasteiger charge is 2.09. The van der Waals surface area contributed by atoms with Gasteiger partial charge < -0.3 is 14.9 Å². The number of carboxylic acid groups (broad SMARTS) is 1. The number of ether oxygens (including phenoxy) is 1. The summed E-state index contributed by atoms with van der Waals surface area (Å²) in [6.45, 7) is 3.07. The van der Waals surface area contributed by atoms with Crippen molar-refractivity contribution in [2.75, 3.05) is 40.0 Å². The summed E-state index contributed by atoms with van der Waals surface area (Å²) < 4.78 is 6.44. The Morgan fingerprint density at radius 2 is 2.28 bits per heavy atom. The third-order valence-electron chi connectivity index (χ3n) is 2.43. The van der Waals surface area contributed by atoms with Crippen molar-refractivity contribution in [3.05, 3.63) is 11.9 Å². The van der Waals surface area contributed by atoms with Crippen molar-refractivity contribution in [3.8, 4) is 0 Å². The van der Waals surface area contributed by atoms with Crippen molar-refractivity contribution in [2.45, 2.75) is 6.54 Å². The number of aromatic carboxylic acids is 1. The summed E-state index contributed by atoms with van der Waals surface area (Å²) in [5.41, 5.74) is -0.0689. The summed E-state index contributed by atoms with van der Waals surface area (Å²) in [6, 6.07) is 0. The van der Waals surface area contributed by atoms with E-state index in [0.717, 1.165) is 0 Å². The molecule has 18 heavy (non-hydrogen) atoms. The molecule has 102 valence electrons. The Morgan fingerprint density at radius 3 is 2.83 bits per heavy atom. The summed E-state index contributed by atoms with van der Waals surface area (Å²) in [5, 5.41) is 24.9. The molecule has 0 saturated heterocycles. The summed E-state index contributed by atoms with van der Waals surface area (Å²) in [6.07, 6.45) is 1.38. The van der Waals surface area contributed by atoms with Gasteiger partial charge in [0.2, 0.25) is 0 Å². The molecule has 8 heteroatoms. The smallest absolute Gasteiger partial charge is 0.358 e. The number of hydrogen-bond donors (Lipinski definition) is 2. The maximum atomic E-state index is 10.6. The Kier molecular flexibility index (Phi) is 6.26. The minimum Gasteiger partial charge on any atom is -0.476 e. The maximum absolute atomic E-state index is 10.6. The molecule has 2 N–H and O–H groups in total. The lowest BCUT2D eigenvalue weighted by Crippen LogP contribution is -2.33. The van der Waals surface area contributed by atoms with E-state index in [1.807, 2.05) is 4.90 Å². The van der Waals surface area contributed by atoms with E-state index in [4.69, 9.17) is 14.9 Å². The standard InChI is InChI=1S/C10H18N4O4/c1-18-7-5-13(4-6-15)2-3-14-8-9(10(16)17)11-12-14/h8,15H,2-7H2,1H3,(H,16,17). The van der Waals surface area contributed by atoms with E-state index < -0.39 is 5.97 Å². The molecule has 0 bridgehead atoms. The number of aliphatic hydroxyl groups excluding tert-OH is 1. The minimum absolute atomic E-state index is 0.0689. The van der Waals surface area contributed by atoms with Crippen molar-refractivity contribution < 1.29 is 19.7 Å². The molecule has 0 radical (unpaired) electrons. The molecular formula is C10H18N4O4. The quantitative estimate of drug-likeness (QED) is 0.581. The number of aliphatic hydroxyl groups is 1. The molecule has 0 atom stereocenters. The van der Waals surface area contributed by atoms with Crippen molar-refractivity contribution >= 4 is 5.97 Å². The van der Waals surface area contributed by atoms with Crippen molar-refractivity contribution in [3.63, 3.8) is 0 Å². The van der Waals surface area contributed by atoms with Gasteiger partial charge in [-0.1, -0.05) is 5.21 Å². The summed E-state index contributed by atoms with van der Waals surface area (Å²) in [5.74, 6) is -1.09. The van der Waals surface area contributed by atoms with Crippen LogP contribution in [-0.4, -0.2) is 76.0 Å². The molecule has 0 aromatic carbocycles. The molecule has 0 aliphatic rings. The fourth-order valence-corrected chi connectivity index (χ4v) is 1.45. The van der Waals surface area contributed by atoms with E-state index in [-0.39, 0.29) is 12.3 Å². The van der Waals surface area contributed by atoms with Gasteiger partial charge in [-0.05, 0) is 0 Å². The summed E-state index contributed by atoms with van der Waals surface area (Å²) in [7, 11) is 1.62. The molecule has 0 spiro atoms. The first-order chi connectivity index (χ1) is 8.67. The molecule has 0 unspecified atom stereocenters. The Bertz CT molecular complexity index is 369. The number of carboxylic acids is 1. The van der Waals surface area contributed by atoms with Crippen LogP contribution in [0.2, 0.25) is 0 Å². The molecule has 0 aliphatic carbocycles. The first-order valence-electron chi connectivity index (χ1n) is 5.63. The van der Waals surface area contributed by atoms with E-state index in [1.165, 1.54) is 10.9 Å². The average Bonchev–Trinajstić information content (AvgIpc) is 2.81. The number of aromatic nitrogens is 3. The fraction of sp³-hybridized carbons (Fsp3) is 0.700. The molecule has 1 aromatic heterocycles. The van der Waals surface area contributed by atoms with Gasteiger partial charge in [0, 0.05) is 26.7 Å². The normalized spacial score (nSPS) is 11.1. The number of methoxy groups -OCH3 is 1. The highest BCUT2D eigenvalue weighted by Crippen LogP contribution is 1.95. The Labute approximate surface area is 105 Å². The van der Waals surface area contributed by atoms with Gasteiger partial charge in [0.1, 0.15) is 0 Å². The van der Waals surface area contributed by atoms with Crippen molar-refractivity contribution in [2.24, 2.45) is 0 Å². The SMILES string of the molecule is COCCN(CCO)CCn1cc(C(=O)O)nn1. The van der Waals surface area contributed by atoms with Gasteiger partial charge in [-0.15, -0.1) is 5.10 Å². The third-order valence-corrected chi connectivity index (χ3v) is 2.43. The van der Waals surface area contributed by atoms with Crippen LogP contribution >= 0.6 is 0 Å². The van der Waals surface area contributed by atoms with Gasteiger partial charge in [-0.2, -0.15) is 0 Å². The van der Waals surface area contributed by atoms with Gasteiger partial charge >= 0.3 is 5.97 Å². The van der Waals surface area contributed by atoms with Crippen LogP contribution in [0.3, 0.4) is 0 Å². The second kappa shape index (κ2) is 7.75. The molecule has 8 nitrogen and oxygen atoms in total. The van der Waals surface area contributed by atoms with E-state index in [1.54, 1.807) is 7.11 Å². The first kappa shape index (κ1) is 14.6. The van der Waals surface area contributed by atoms with Crippen molar-refractivity contribution in [1.82, 2.24) is 19.9 Å². The Hall–Kier alpha value is -1.51. The summed E-state index contributed by atoms with van der Waals surface area (Å²) >= 11 is 0. The van der Waals surface area contributed by atoms with Gasteiger partial charge in [0.05, 0.1) is 26.0 Å². The molecule has 0 amide bonds. The highest BCUT2D eigenvalue weighted by molar-refractivity contribution is 5.84. The van der Waals surface area contributed by atoms with Crippen LogP contribution in [0.25, 0.3) is 0 Å². The second-order valence-corrected chi connectivity index (χ2v) is 3.73. The predicted octanol–water partition coefficient (Wildman–Crippen LogP) is -1.08. The second-order valence-electron chi connectivity index (χ2n) is 3.73. The molecule has 0 fully saturated rings. The van der Waals surface area contributed by atoms with Crippen LogP contribution in [-0.2, 0) is 11.3 Å². The number of nitrogens with zero attached hydrogens (tertiary/aromatic N) is 4. The van der Waals surface area contributed by atoms with Crippen LogP contribution in [0, 0.1) is 0 Å². The topological polar surface area (TPSA) is 101 Å². The van der Waals surface area contributed by atoms with Crippen LogP contribution in [0.1, 0.15) is 10.5 Å². The van der Waals surface area contributed by atoms with Gasteiger partial charge in [0.25, 0.3) is 0 Å². The average molecular weight is 258 g/mol. The molecule has 1 heterocycles. The first-order valence-corrected chi connectivity index (χ1v) is 5.63. The molecule has 0 saturated carbocycles. The number of rotatable bonds is 9. The van der Waals surface area contributed by atoms with Gasteiger partial charge in [-0.25, -0.2) is 4.79 Å². The lowest BCUT2D eigenvalue weighted by atomic mass is 10.4. The van der Waals surface area contributed by atoms with Crippen LogP contribution in [0.4, 0.5) is 0 Å². The van der Waals surface area contributed by atoms with E-state index in [0.29, 0.717) is 32.8 Å². The predicted molar refractivity (Wildman–Crippen MR) is 62.4 cm³/mol. The van der Waals surface area contributed by atoms with Crippen molar-refractivity contribution in [1.29, 1.82) is 0 Å². The van der Waals surface area contributed by atoms with Crippen LogP contribution in [0.15, 0.2) is 6.20 Å². The molecular weight excluding hydrogens is 240 g/mol. The molecule has 1 rings (SSSR count). The Balaban J connectivity index is 2.42. The third kappa shape index (κ3) is 4.78.